The summed E-state index contributed by atoms with van der Waals surface area (Å²) in [6, 6.07) is 35.3. The van der Waals surface area contributed by atoms with Crippen LogP contribution in [-0.4, -0.2) is 6.54 Å². The van der Waals surface area contributed by atoms with Gasteiger partial charge in [0, 0.05) is 34.6 Å². The molecule has 4 aromatic rings. The first-order chi connectivity index (χ1) is 14.4. The van der Waals surface area contributed by atoms with E-state index in [0.717, 1.165) is 6.54 Å². The number of hydrogen-bond acceptors (Lipinski definition) is 1. The maximum Gasteiger partial charge on any atom is 0.0490 e. The fraction of sp³-hybridized carbons (Fsp3) is 0.0714. The van der Waals surface area contributed by atoms with E-state index in [9.17, 15) is 0 Å². The van der Waals surface area contributed by atoms with Gasteiger partial charge in [0.25, 0.3) is 0 Å². The first-order valence-corrected chi connectivity index (χ1v) is 10.3. The molecular weight excluding hydrogens is 350 g/mol. The Morgan fingerprint density at radius 3 is 1.24 bits per heavy atom. The third kappa shape index (κ3) is 2.22. The number of benzene rings is 4. The Kier molecular flexibility index (Phi) is 3.51. The Morgan fingerprint density at radius 1 is 0.448 bits per heavy atom. The molecule has 1 aliphatic carbocycles. The van der Waals surface area contributed by atoms with Crippen LogP contribution < -0.4 is 4.90 Å². The molecule has 0 unspecified atom stereocenters. The minimum absolute atomic E-state index is 0.948. The summed E-state index contributed by atoms with van der Waals surface area (Å²) < 4.78 is 0. The van der Waals surface area contributed by atoms with E-state index in [0.29, 0.717) is 0 Å². The monoisotopic (exact) mass is 371 g/mol. The number of hydrogen-bond donors (Lipinski definition) is 0. The lowest BCUT2D eigenvalue weighted by Gasteiger charge is -2.35. The molecular formula is C28H21N. The quantitative estimate of drug-likeness (QED) is 0.302. The average Bonchev–Trinajstić information content (AvgIpc) is 3.12. The fourth-order valence-corrected chi connectivity index (χ4v) is 5.01. The third-order valence-electron chi connectivity index (χ3n) is 6.18. The summed E-state index contributed by atoms with van der Waals surface area (Å²) in [6.07, 6.45) is 0. The summed E-state index contributed by atoms with van der Waals surface area (Å²) in [5.41, 5.74) is 13.2. The third-order valence-corrected chi connectivity index (χ3v) is 6.18. The zero-order chi connectivity index (χ0) is 19.4. The van der Waals surface area contributed by atoms with Gasteiger partial charge in [0.15, 0.2) is 0 Å². The van der Waals surface area contributed by atoms with Gasteiger partial charge >= 0.3 is 0 Å². The fourth-order valence-electron chi connectivity index (χ4n) is 5.01. The van der Waals surface area contributed by atoms with Gasteiger partial charge < -0.3 is 4.90 Å². The summed E-state index contributed by atoms with van der Waals surface area (Å²) in [6.45, 7) is 3.18. The van der Waals surface area contributed by atoms with Crippen molar-refractivity contribution in [1.82, 2.24) is 0 Å². The topological polar surface area (TPSA) is 3.24 Å². The molecule has 1 aliphatic heterocycles. The first kappa shape index (κ1) is 16.4. The molecule has 0 bridgehead atoms. The van der Waals surface area contributed by atoms with Crippen molar-refractivity contribution in [1.29, 1.82) is 0 Å². The highest BCUT2D eigenvalue weighted by Gasteiger charge is 2.32. The molecule has 0 N–H and O–H groups in total. The number of para-hydroxylation sites is 2. The molecule has 0 aromatic heterocycles. The highest BCUT2D eigenvalue weighted by molar-refractivity contribution is 6.17. The molecule has 4 aromatic carbocycles. The average molecular weight is 371 g/mol. The van der Waals surface area contributed by atoms with Crippen molar-refractivity contribution in [3.05, 3.63) is 119 Å². The molecule has 0 radical (unpaired) electrons. The predicted octanol–water partition coefficient (Wildman–Crippen LogP) is 7.15. The van der Waals surface area contributed by atoms with Crippen LogP contribution in [0.1, 0.15) is 29.2 Å². The van der Waals surface area contributed by atoms with E-state index < -0.39 is 0 Å². The number of nitrogens with zero attached hydrogens (tertiary/aromatic N) is 1. The Balaban J connectivity index is 1.80. The molecule has 1 nitrogen and oxygen atoms in total. The predicted molar refractivity (Wildman–Crippen MR) is 122 cm³/mol. The standard InChI is InChI=1S/C28H21N/c1-2-29-25-17-9-7-15-23(25)28(24-16-8-10-18-26(24)29)27-21-13-5-3-11-19(21)20-12-4-6-14-22(20)27/h3-18H,2H2,1H3. The molecule has 0 saturated heterocycles. The second kappa shape index (κ2) is 6.22. The first-order valence-electron chi connectivity index (χ1n) is 10.3. The molecule has 6 rings (SSSR count). The van der Waals surface area contributed by atoms with Gasteiger partial charge in [-0.15, -0.1) is 0 Å². The second-order valence-corrected chi connectivity index (χ2v) is 7.62. The minimum atomic E-state index is 0.948. The normalized spacial score (nSPS) is 13.6. The summed E-state index contributed by atoms with van der Waals surface area (Å²) in [5.74, 6) is 0. The summed E-state index contributed by atoms with van der Waals surface area (Å²) in [5, 5.41) is 0. The van der Waals surface area contributed by atoms with E-state index in [1.165, 1.54) is 55.9 Å². The highest BCUT2D eigenvalue weighted by Crippen LogP contribution is 2.53. The molecule has 1 heterocycles. The van der Waals surface area contributed by atoms with Crippen molar-refractivity contribution in [3.8, 4) is 11.1 Å². The zero-order valence-electron chi connectivity index (χ0n) is 16.4. The lowest BCUT2D eigenvalue weighted by atomic mass is 9.84. The van der Waals surface area contributed by atoms with Crippen molar-refractivity contribution < 1.29 is 0 Å². The molecule has 0 atom stereocenters. The van der Waals surface area contributed by atoms with Crippen molar-refractivity contribution in [2.75, 3.05) is 11.4 Å². The summed E-state index contributed by atoms with van der Waals surface area (Å²) in [7, 11) is 0. The van der Waals surface area contributed by atoms with Crippen LogP contribution in [0.4, 0.5) is 11.4 Å². The molecule has 138 valence electrons. The SMILES string of the molecule is CCN1c2ccccc2C(=C2c3ccccc3-c3ccccc32)c2ccccc21. The van der Waals surface area contributed by atoms with Crippen molar-refractivity contribution in [3.63, 3.8) is 0 Å². The second-order valence-electron chi connectivity index (χ2n) is 7.62. The van der Waals surface area contributed by atoms with Gasteiger partial charge in [0.05, 0.1) is 0 Å². The largest absolute Gasteiger partial charge is 0.341 e. The minimum Gasteiger partial charge on any atom is -0.341 e. The van der Waals surface area contributed by atoms with E-state index in [1.807, 2.05) is 0 Å². The Bertz CT molecular complexity index is 1200. The van der Waals surface area contributed by atoms with Gasteiger partial charge in [-0.3, -0.25) is 0 Å². The van der Waals surface area contributed by atoms with Gasteiger partial charge in [-0.1, -0.05) is 84.9 Å². The van der Waals surface area contributed by atoms with Crippen LogP contribution in [-0.2, 0) is 0 Å². The summed E-state index contributed by atoms with van der Waals surface area (Å²) >= 11 is 0. The van der Waals surface area contributed by atoms with Crippen LogP contribution in [0.5, 0.6) is 0 Å². The van der Waals surface area contributed by atoms with Crippen LogP contribution in [0.15, 0.2) is 97.1 Å². The maximum atomic E-state index is 2.43. The number of anilines is 2. The van der Waals surface area contributed by atoms with Crippen LogP contribution in [0.3, 0.4) is 0 Å². The van der Waals surface area contributed by atoms with Gasteiger partial charge in [-0.2, -0.15) is 0 Å². The van der Waals surface area contributed by atoms with Crippen LogP contribution in [0.2, 0.25) is 0 Å². The number of rotatable bonds is 1. The van der Waals surface area contributed by atoms with Crippen molar-refractivity contribution in [2.45, 2.75) is 6.92 Å². The summed E-state index contributed by atoms with van der Waals surface area (Å²) in [4.78, 5) is 2.43. The van der Waals surface area contributed by atoms with Gasteiger partial charge in [-0.05, 0) is 46.9 Å². The molecule has 0 spiro atoms. The van der Waals surface area contributed by atoms with Gasteiger partial charge in [-0.25, -0.2) is 0 Å². The smallest absolute Gasteiger partial charge is 0.0490 e. The molecule has 29 heavy (non-hydrogen) atoms. The molecule has 1 heteroatoms. The van der Waals surface area contributed by atoms with Crippen LogP contribution >= 0.6 is 0 Å². The molecule has 0 fully saturated rings. The van der Waals surface area contributed by atoms with E-state index >= 15 is 0 Å². The Labute approximate surface area is 171 Å². The lowest BCUT2D eigenvalue weighted by molar-refractivity contribution is 1.01. The number of fused-ring (bicyclic) bond motifs is 5. The van der Waals surface area contributed by atoms with E-state index in [1.54, 1.807) is 0 Å². The van der Waals surface area contributed by atoms with Crippen molar-refractivity contribution in [2.24, 2.45) is 0 Å². The Morgan fingerprint density at radius 2 is 0.793 bits per heavy atom. The molecule has 2 aliphatic rings. The van der Waals surface area contributed by atoms with E-state index in [2.05, 4.69) is 109 Å². The molecule has 0 saturated carbocycles. The zero-order valence-corrected chi connectivity index (χ0v) is 16.4. The molecule has 0 amide bonds. The lowest BCUT2D eigenvalue weighted by Crippen LogP contribution is -2.22. The van der Waals surface area contributed by atoms with Gasteiger partial charge in [0.2, 0.25) is 0 Å². The van der Waals surface area contributed by atoms with Crippen LogP contribution in [0.25, 0.3) is 22.3 Å². The van der Waals surface area contributed by atoms with E-state index in [4.69, 9.17) is 0 Å². The van der Waals surface area contributed by atoms with E-state index in [-0.39, 0.29) is 0 Å². The Hall–Kier alpha value is -3.58. The van der Waals surface area contributed by atoms with Crippen LogP contribution in [0, 0.1) is 0 Å². The van der Waals surface area contributed by atoms with Gasteiger partial charge in [0.1, 0.15) is 0 Å². The highest BCUT2D eigenvalue weighted by atomic mass is 15.1. The van der Waals surface area contributed by atoms with Crippen molar-refractivity contribution >= 4 is 22.5 Å². The maximum absolute atomic E-state index is 2.43.